The van der Waals surface area contributed by atoms with Crippen molar-refractivity contribution in [3.8, 4) is 5.75 Å². The molecule has 0 spiro atoms. The molecule has 1 N–H and O–H groups in total. The molecule has 1 aliphatic carbocycles. The number of fused-ring (bicyclic) bond motifs is 1. The Bertz CT molecular complexity index is 1270. The Balaban J connectivity index is 1.45. The van der Waals surface area contributed by atoms with Crippen molar-refractivity contribution in [2.75, 3.05) is 7.11 Å². The van der Waals surface area contributed by atoms with E-state index in [4.69, 9.17) is 14.2 Å². The van der Waals surface area contributed by atoms with E-state index < -0.39 is 24.2 Å². The molecule has 1 saturated carbocycles. The number of aliphatic hydroxyl groups excluding tert-OH is 1. The van der Waals surface area contributed by atoms with Gasteiger partial charge in [0.15, 0.2) is 6.10 Å². The molecule has 2 aliphatic rings. The van der Waals surface area contributed by atoms with Gasteiger partial charge >= 0.3 is 5.97 Å². The molecule has 0 aromatic heterocycles. The van der Waals surface area contributed by atoms with Crippen molar-refractivity contribution in [1.82, 2.24) is 4.90 Å². The molecule has 5 rings (SSSR count). The Kier molecular flexibility index (Phi) is 7.77. The van der Waals surface area contributed by atoms with Gasteiger partial charge < -0.3 is 24.2 Å². The van der Waals surface area contributed by atoms with Crippen LogP contribution >= 0.6 is 0 Å². The van der Waals surface area contributed by atoms with E-state index in [1.54, 1.807) is 4.90 Å². The van der Waals surface area contributed by atoms with Crippen LogP contribution in [0.5, 0.6) is 5.75 Å². The summed E-state index contributed by atoms with van der Waals surface area (Å²) in [6.45, 7) is 2.62. The van der Waals surface area contributed by atoms with Gasteiger partial charge in [0.25, 0.3) is 5.91 Å². The van der Waals surface area contributed by atoms with Crippen LogP contribution in [-0.4, -0.2) is 47.2 Å². The van der Waals surface area contributed by atoms with Crippen LogP contribution in [0.15, 0.2) is 72.8 Å². The molecular weight excluding hydrogens is 482 g/mol. The largest absolute Gasteiger partial charge is 0.488 e. The van der Waals surface area contributed by atoms with E-state index in [1.165, 1.54) is 7.11 Å². The van der Waals surface area contributed by atoms with Crippen LogP contribution < -0.4 is 4.74 Å². The van der Waals surface area contributed by atoms with Crippen molar-refractivity contribution in [3.05, 3.63) is 101 Å². The molecule has 1 fully saturated rings. The van der Waals surface area contributed by atoms with Gasteiger partial charge in [-0.1, -0.05) is 72.8 Å². The number of aliphatic hydroxyl groups is 1. The first-order chi connectivity index (χ1) is 18.4. The number of nitrogens with zero attached hydrogens (tertiary/aromatic N) is 1. The average Bonchev–Trinajstić information content (AvgIpc) is 2.93. The summed E-state index contributed by atoms with van der Waals surface area (Å²) in [7, 11) is 1.34. The molecule has 1 unspecified atom stereocenters. The van der Waals surface area contributed by atoms with E-state index in [2.05, 4.69) is 0 Å². The third kappa shape index (κ3) is 5.44. The second kappa shape index (κ2) is 11.4. The number of hydrogen-bond acceptors (Lipinski definition) is 6. The molecule has 1 heterocycles. The lowest BCUT2D eigenvalue weighted by Gasteiger charge is -2.40. The molecular formula is C31H33NO6. The number of esters is 1. The van der Waals surface area contributed by atoms with Crippen molar-refractivity contribution >= 4 is 11.9 Å². The highest BCUT2D eigenvalue weighted by molar-refractivity contribution is 5.88. The van der Waals surface area contributed by atoms with E-state index >= 15 is 0 Å². The molecule has 38 heavy (non-hydrogen) atoms. The molecule has 3 aromatic rings. The lowest BCUT2D eigenvalue weighted by Crippen LogP contribution is -2.51. The lowest BCUT2D eigenvalue weighted by molar-refractivity contribution is -0.168. The molecule has 7 heteroatoms. The zero-order valence-corrected chi connectivity index (χ0v) is 21.7. The second-order valence-electron chi connectivity index (χ2n) is 10.0. The first kappa shape index (κ1) is 25.9. The van der Waals surface area contributed by atoms with Crippen LogP contribution in [0.3, 0.4) is 0 Å². The number of amides is 1. The van der Waals surface area contributed by atoms with Crippen LogP contribution in [-0.2, 0) is 38.6 Å². The van der Waals surface area contributed by atoms with Gasteiger partial charge in [0.05, 0.1) is 19.3 Å². The number of hydrogen-bond donors (Lipinski definition) is 1. The van der Waals surface area contributed by atoms with E-state index in [0.29, 0.717) is 25.0 Å². The third-order valence-electron chi connectivity index (χ3n) is 7.38. The van der Waals surface area contributed by atoms with Crippen LogP contribution in [0.4, 0.5) is 0 Å². The van der Waals surface area contributed by atoms with Crippen molar-refractivity contribution in [3.63, 3.8) is 0 Å². The average molecular weight is 516 g/mol. The van der Waals surface area contributed by atoms with Gasteiger partial charge in [0.1, 0.15) is 18.4 Å². The SMILES string of the molecule is COC(=O)[C@@H]1Cc2c(ccc(C)c2OCc2ccccc2)CN1C(=O)C(OC1CC(O)C1)c1ccccc1. The Labute approximate surface area is 222 Å². The fraction of sp³-hybridized carbons (Fsp3) is 0.355. The minimum Gasteiger partial charge on any atom is -0.488 e. The minimum absolute atomic E-state index is 0.214. The summed E-state index contributed by atoms with van der Waals surface area (Å²) in [6.07, 6.45) is -0.255. The van der Waals surface area contributed by atoms with E-state index in [9.17, 15) is 14.7 Å². The van der Waals surface area contributed by atoms with E-state index in [0.717, 1.165) is 28.0 Å². The predicted molar refractivity (Wildman–Crippen MR) is 141 cm³/mol. The second-order valence-corrected chi connectivity index (χ2v) is 10.0. The molecule has 0 bridgehead atoms. The molecule has 1 amide bonds. The number of carbonyl (C=O) groups excluding carboxylic acids is 2. The first-order valence-corrected chi connectivity index (χ1v) is 13.0. The fourth-order valence-electron chi connectivity index (χ4n) is 5.16. The van der Waals surface area contributed by atoms with Crippen molar-refractivity contribution < 1.29 is 28.9 Å². The third-order valence-corrected chi connectivity index (χ3v) is 7.38. The Morgan fingerprint density at radius 1 is 1.00 bits per heavy atom. The van der Waals surface area contributed by atoms with Crippen molar-refractivity contribution in [2.45, 2.75) is 63.7 Å². The molecule has 0 saturated heterocycles. The van der Waals surface area contributed by atoms with Gasteiger partial charge in [-0.2, -0.15) is 0 Å². The fourth-order valence-corrected chi connectivity index (χ4v) is 5.16. The standard InChI is InChI=1S/C31H33NO6/c1-20-13-14-23-18-32(30(34)29(22-11-7-4-8-12-22)38-25-15-24(33)16-25)27(31(35)36-2)17-26(23)28(20)37-19-21-9-5-3-6-10-21/h3-14,24-25,27,29,33H,15-19H2,1-2H3/t24?,25?,27-,29?/m0/s1. The summed E-state index contributed by atoms with van der Waals surface area (Å²) in [5.41, 5.74) is 4.57. The van der Waals surface area contributed by atoms with Crippen LogP contribution in [0, 0.1) is 6.92 Å². The van der Waals surface area contributed by atoms with Crippen molar-refractivity contribution in [2.24, 2.45) is 0 Å². The molecule has 198 valence electrons. The van der Waals surface area contributed by atoms with E-state index in [-0.39, 0.29) is 25.0 Å². The molecule has 0 radical (unpaired) electrons. The summed E-state index contributed by atoms with van der Waals surface area (Å²) < 4.78 is 17.6. The van der Waals surface area contributed by atoms with Crippen LogP contribution in [0.1, 0.15) is 46.8 Å². The monoisotopic (exact) mass is 515 g/mol. The van der Waals surface area contributed by atoms with Gasteiger partial charge in [-0.15, -0.1) is 0 Å². The number of aryl methyl sites for hydroxylation is 1. The maximum Gasteiger partial charge on any atom is 0.328 e. The Hall–Kier alpha value is -3.68. The topological polar surface area (TPSA) is 85.3 Å². The normalized spacial score (nSPS) is 21.1. The molecule has 1 aliphatic heterocycles. The number of benzene rings is 3. The highest BCUT2D eigenvalue weighted by Gasteiger charge is 2.42. The van der Waals surface area contributed by atoms with Crippen LogP contribution in [0.2, 0.25) is 0 Å². The maximum atomic E-state index is 14.1. The highest BCUT2D eigenvalue weighted by atomic mass is 16.5. The van der Waals surface area contributed by atoms with Gasteiger partial charge in [-0.05, 0) is 42.0 Å². The highest BCUT2D eigenvalue weighted by Crippen LogP contribution is 2.37. The van der Waals surface area contributed by atoms with Gasteiger partial charge in [0, 0.05) is 18.5 Å². The molecule has 7 nitrogen and oxygen atoms in total. The Morgan fingerprint density at radius 2 is 1.68 bits per heavy atom. The zero-order valence-electron chi connectivity index (χ0n) is 21.7. The molecule has 2 atom stereocenters. The summed E-state index contributed by atoms with van der Waals surface area (Å²) >= 11 is 0. The summed E-state index contributed by atoms with van der Waals surface area (Å²) in [4.78, 5) is 28.7. The van der Waals surface area contributed by atoms with E-state index in [1.807, 2.05) is 79.7 Å². The quantitative estimate of drug-likeness (QED) is 0.451. The van der Waals surface area contributed by atoms with Gasteiger partial charge in [-0.25, -0.2) is 4.79 Å². The van der Waals surface area contributed by atoms with Gasteiger partial charge in [-0.3, -0.25) is 4.79 Å². The summed E-state index contributed by atoms with van der Waals surface area (Å²) in [6, 6.07) is 22.4. The zero-order chi connectivity index (χ0) is 26.6. The predicted octanol–water partition coefficient (Wildman–Crippen LogP) is 4.28. The smallest absolute Gasteiger partial charge is 0.328 e. The number of methoxy groups -OCH3 is 1. The number of ether oxygens (including phenoxy) is 3. The summed E-state index contributed by atoms with van der Waals surface area (Å²) in [5.74, 6) is -0.0389. The number of rotatable bonds is 8. The first-order valence-electron chi connectivity index (χ1n) is 13.0. The summed E-state index contributed by atoms with van der Waals surface area (Å²) in [5, 5.41) is 9.76. The Morgan fingerprint density at radius 3 is 2.34 bits per heavy atom. The number of carbonyl (C=O) groups is 2. The molecule has 3 aromatic carbocycles. The van der Waals surface area contributed by atoms with Gasteiger partial charge in [0.2, 0.25) is 0 Å². The van der Waals surface area contributed by atoms with Crippen LogP contribution in [0.25, 0.3) is 0 Å². The van der Waals surface area contributed by atoms with Crippen molar-refractivity contribution in [1.29, 1.82) is 0 Å². The minimum atomic E-state index is -0.887. The maximum absolute atomic E-state index is 14.1. The lowest BCUT2D eigenvalue weighted by atomic mass is 9.90.